The van der Waals surface area contributed by atoms with Crippen molar-refractivity contribution in [2.75, 3.05) is 68.7 Å². The van der Waals surface area contributed by atoms with Gasteiger partial charge < -0.3 is 40.0 Å². The quantitative estimate of drug-likeness (QED) is 0.0664. The third-order valence-corrected chi connectivity index (χ3v) is 17.7. The number of nitrogens with one attached hydrogen (secondary N) is 1. The molecule has 16 nitrogen and oxygen atoms in total. The number of piperazine rings is 1. The first kappa shape index (κ1) is 53.7. The summed E-state index contributed by atoms with van der Waals surface area (Å²) >= 11 is 0. The smallest absolute Gasteiger partial charge is 0.293 e. The Kier molecular flexibility index (Phi) is 15.3. The fourth-order valence-corrected chi connectivity index (χ4v) is 12.8. The van der Waals surface area contributed by atoms with Gasteiger partial charge >= 0.3 is 0 Å². The minimum Gasteiger partial charge on any atom is -0.758 e. The van der Waals surface area contributed by atoms with Crippen LogP contribution in [0.5, 0.6) is 17.2 Å². The standard InChI is InChI=1S/C59H68FN8O8S/c1-37(2)46-9-7-8-10-47(46)52-36-66(56(69)40-11-14-43(75-6)15-12-40)25-26-67(52)42-31-59(32-42)21-23-65(24-22-59)41-13-16-48(53(28-41)76-44-29-49-50(60)27-38(3)54(49)61-34-44)57(70)68(73)77(74)45-30-51(64(5)72)55(63-35-45)62-33-39-17-19-58(4,71)20-18-39/h7-16,27-30,34-35,37,39,42,52,71,73H,3,17-26,31-33,36H2,1-2,4-6H3,(H,62,63)/q-1/t39?,52-,58?,77?/m0/s1. The van der Waals surface area contributed by atoms with Crippen LogP contribution in [-0.4, -0.2) is 116 Å². The van der Waals surface area contributed by atoms with Crippen LogP contribution < -0.4 is 24.8 Å². The minimum absolute atomic E-state index is 0.0199. The molecule has 4 fully saturated rings. The first-order valence-corrected chi connectivity index (χ1v) is 27.7. The van der Waals surface area contributed by atoms with Gasteiger partial charge in [0.05, 0.1) is 46.8 Å². The summed E-state index contributed by atoms with van der Waals surface area (Å²) in [5.41, 5.74) is 4.34. The van der Waals surface area contributed by atoms with E-state index in [1.807, 2.05) is 36.1 Å². The number of benzene rings is 3. The van der Waals surface area contributed by atoms with Crippen LogP contribution in [0.25, 0.3) is 11.4 Å². The van der Waals surface area contributed by atoms with Gasteiger partial charge in [0.2, 0.25) is 0 Å². The molecule has 3 aliphatic carbocycles. The molecule has 5 aromatic rings. The van der Waals surface area contributed by atoms with Gasteiger partial charge in [0.25, 0.3) is 11.8 Å². The first-order valence-electron chi connectivity index (χ1n) is 26.6. The predicted octanol–water partition coefficient (Wildman–Crippen LogP) is 10.5. The molecule has 3 aromatic carbocycles. The van der Waals surface area contributed by atoms with E-state index >= 15 is 4.39 Å². The Bertz CT molecular complexity index is 3090. The molecule has 1 unspecified atom stereocenters. The molecule has 406 valence electrons. The molecular formula is C59H68FN8O8S-. The van der Waals surface area contributed by atoms with Crippen molar-refractivity contribution < 1.29 is 38.0 Å². The average molecular weight is 1070 g/mol. The van der Waals surface area contributed by atoms with Gasteiger partial charge in [0, 0.05) is 74.4 Å². The van der Waals surface area contributed by atoms with Crippen LogP contribution >= 0.6 is 0 Å². The number of aliphatic hydroxyl groups is 1. The number of hydrogen-bond donors (Lipinski definition) is 3. The molecule has 2 atom stereocenters. The van der Waals surface area contributed by atoms with Gasteiger partial charge in [-0.05, 0) is 154 Å². The third kappa shape index (κ3) is 11.2. The molecule has 18 heteroatoms. The van der Waals surface area contributed by atoms with Crippen molar-refractivity contribution in [3.05, 3.63) is 143 Å². The maximum Gasteiger partial charge on any atom is 0.293 e. The fourth-order valence-electron chi connectivity index (χ4n) is 12.0. The minimum atomic E-state index is -2.54. The third-order valence-electron chi connectivity index (χ3n) is 16.6. The van der Waals surface area contributed by atoms with Gasteiger partial charge in [-0.1, -0.05) is 44.7 Å². The average Bonchev–Trinajstić information content (AvgIpc) is 3.76. The Hall–Kier alpha value is -6.70. The maximum absolute atomic E-state index is 15.0. The second-order valence-corrected chi connectivity index (χ2v) is 23.4. The Morgan fingerprint density at radius 1 is 0.961 bits per heavy atom. The first-order chi connectivity index (χ1) is 36.9. The molecule has 0 radical (unpaired) electrons. The predicted molar refractivity (Wildman–Crippen MR) is 296 cm³/mol. The summed E-state index contributed by atoms with van der Waals surface area (Å²) in [7, 11) is 0.358. The molecule has 2 saturated carbocycles. The number of fused-ring (bicyclic) bond motifs is 1. The molecule has 2 saturated heterocycles. The molecule has 3 N–H and O–H groups in total. The molecular weight excluding hydrogens is 1000 g/mol. The van der Waals surface area contributed by atoms with Crippen LogP contribution in [-0.2, 0) is 11.0 Å². The normalized spacial score (nSPS) is 21.8. The number of methoxy groups -OCH3 is 1. The highest BCUT2D eigenvalue weighted by Crippen LogP contribution is 2.54. The second-order valence-electron chi connectivity index (χ2n) is 22.1. The molecule has 0 bridgehead atoms. The molecule has 5 aliphatic rings. The molecule has 1 spiro atoms. The molecule has 2 aliphatic heterocycles. The van der Waals surface area contributed by atoms with Gasteiger partial charge in [0.15, 0.2) is 11.0 Å². The SMILES string of the molecule is C=C1C=C(F)c2cc(Oc3cc(N4CCC5(CC4)CC(N4CCN(C(=O)c6ccc(OC)cc6)C[C@H]4c4ccccc4C(C)C)C5)ccc3C(=O)N(O)S(=O)c3cnc(NCC4CCC(C)(O)CC4)c(N(C)[O-])c3)cnc21. The van der Waals surface area contributed by atoms with Gasteiger partial charge in [-0.15, -0.1) is 4.47 Å². The van der Waals surface area contributed by atoms with Gasteiger partial charge in [0.1, 0.15) is 28.9 Å². The van der Waals surface area contributed by atoms with Crippen LogP contribution in [0.1, 0.15) is 127 Å². The highest BCUT2D eigenvalue weighted by atomic mass is 32.2. The summed E-state index contributed by atoms with van der Waals surface area (Å²) in [6, 6.07) is 24.2. The van der Waals surface area contributed by atoms with Crippen molar-refractivity contribution in [3.63, 3.8) is 0 Å². The van der Waals surface area contributed by atoms with Crippen molar-refractivity contribution >= 4 is 51.4 Å². The lowest BCUT2D eigenvalue weighted by molar-refractivity contribution is -0.0577. The topological polar surface area (TPSA) is 187 Å². The van der Waals surface area contributed by atoms with Crippen LogP contribution in [0.2, 0.25) is 0 Å². The molecule has 2 aromatic heterocycles. The molecule has 10 rings (SSSR count). The number of nitrogens with zero attached hydrogens (tertiary/aromatic N) is 7. The summed E-state index contributed by atoms with van der Waals surface area (Å²) in [5, 5.41) is 38.4. The number of carbonyl (C=O) groups excluding carboxylic acids is 2. The number of pyridine rings is 2. The van der Waals surface area contributed by atoms with Crippen LogP contribution in [0.4, 0.5) is 21.6 Å². The number of anilines is 3. The zero-order chi connectivity index (χ0) is 54.3. The molecule has 77 heavy (non-hydrogen) atoms. The van der Waals surface area contributed by atoms with Gasteiger partial charge in [-0.2, -0.15) is 0 Å². The Balaban J connectivity index is 0.846. The number of ether oxygens (including phenoxy) is 2. The van der Waals surface area contributed by atoms with E-state index in [0.717, 1.165) is 63.8 Å². The van der Waals surface area contributed by atoms with E-state index in [9.17, 15) is 29.3 Å². The number of rotatable bonds is 15. The van der Waals surface area contributed by atoms with Crippen molar-refractivity contribution in [3.8, 4) is 17.2 Å². The van der Waals surface area contributed by atoms with E-state index < -0.39 is 28.3 Å². The van der Waals surface area contributed by atoms with Gasteiger partial charge in [-0.3, -0.25) is 24.7 Å². The van der Waals surface area contributed by atoms with Crippen LogP contribution in [0.3, 0.4) is 0 Å². The molecule has 2 amide bonds. The zero-order valence-electron chi connectivity index (χ0n) is 44.4. The van der Waals surface area contributed by atoms with E-state index in [0.29, 0.717) is 72.1 Å². The second kappa shape index (κ2) is 22.0. The summed E-state index contributed by atoms with van der Waals surface area (Å²) in [6.07, 6.45) is 10.8. The lowest BCUT2D eigenvalue weighted by Crippen LogP contribution is -2.60. The van der Waals surface area contributed by atoms with Gasteiger partial charge in [-0.25, -0.2) is 13.6 Å². The number of aromatic nitrogens is 2. The Morgan fingerprint density at radius 3 is 2.39 bits per heavy atom. The lowest BCUT2D eigenvalue weighted by atomic mass is 9.59. The van der Waals surface area contributed by atoms with E-state index in [-0.39, 0.29) is 66.8 Å². The fraction of sp³-hybridized carbons (Fsp3) is 0.424. The number of piperidine rings is 1. The summed E-state index contributed by atoms with van der Waals surface area (Å²) in [6.45, 7) is 14.1. The van der Waals surface area contributed by atoms with Crippen LogP contribution in [0.15, 0.2) is 109 Å². The maximum atomic E-state index is 15.0. The van der Waals surface area contributed by atoms with E-state index in [1.54, 1.807) is 19.2 Å². The van der Waals surface area contributed by atoms with Crippen molar-refractivity contribution in [1.82, 2.24) is 24.2 Å². The van der Waals surface area contributed by atoms with E-state index in [4.69, 9.17) is 9.47 Å². The zero-order valence-corrected chi connectivity index (χ0v) is 45.2. The Morgan fingerprint density at radius 2 is 1.69 bits per heavy atom. The number of hydroxylamine groups is 2. The lowest BCUT2D eigenvalue weighted by Gasteiger charge is -2.58. The van der Waals surface area contributed by atoms with Crippen molar-refractivity contribution in [2.24, 2.45) is 11.3 Å². The number of hydrogen-bond acceptors (Lipinski definition) is 14. The number of halogens is 1. The summed E-state index contributed by atoms with van der Waals surface area (Å²) < 4.78 is 40.8. The van der Waals surface area contributed by atoms with E-state index in [1.165, 1.54) is 54.8 Å². The highest BCUT2D eigenvalue weighted by Gasteiger charge is 2.50. The van der Waals surface area contributed by atoms with Crippen LogP contribution in [0, 0.1) is 16.5 Å². The summed E-state index contributed by atoms with van der Waals surface area (Å²) in [4.78, 5) is 43.8. The highest BCUT2D eigenvalue weighted by molar-refractivity contribution is 7.83. The van der Waals surface area contributed by atoms with Crippen molar-refractivity contribution in [1.29, 1.82) is 0 Å². The number of allylic oxidation sites excluding steroid dienone is 2. The van der Waals surface area contributed by atoms with E-state index in [2.05, 4.69) is 69.8 Å². The number of amides is 2. The monoisotopic (exact) mass is 1070 g/mol. The Labute approximate surface area is 452 Å². The molecule has 4 heterocycles. The largest absolute Gasteiger partial charge is 0.758 e. The number of carbonyl (C=O) groups is 2. The summed E-state index contributed by atoms with van der Waals surface area (Å²) in [5.74, 6) is 0.137. The van der Waals surface area contributed by atoms with Crippen molar-refractivity contribution in [2.45, 2.75) is 101 Å².